The fraction of sp³-hybridized carbons (Fsp3) is 0.273. The number of nitrogens with one attached hydrogen (secondary N) is 1. The molecule has 1 unspecified atom stereocenters. The Morgan fingerprint density at radius 2 is 2.25 bits per heavy atom. The Hall–Kier alpha value is -1.88. The van der Waals surface area contributed by atoms with Gasteiger partial charge >= 0.3 is 0 Å². The van der Waals surface area contributed by atoms with Crippen molar-refractivity contribution in [1.82, 2.24) is 20.0 Å². The van der Waals surface area contributed by atoms with Gasteiger partial charge in [-0.05, 0) is 19.4 Å². The van der Waals surface area contributed by atoms with E-state index in [0.717, 1.165) is 17.6 Å². The molecule has 1 aromatic carbocycles. The highest BCUT2D eigenvalue weighted by Crippen LogP contribution is 2.24. The molecule has 0 fully saturated rings. The highest BCUT2D eigenvalue weighted by Gasteiger charge is 2.14. The number of benzene rings is 1. The summed E-state index contributed by atoms with van der Waals surface area (Å²) in [5.74, 6) is 0. The van der Waals surface area contributed by atoms with Crippen LogP contribution in [0.2, 0.25) is 0 Å². The molecule has 2 heterocycles. The third-order valence-electron chi connectivity index (χ3n) is 2.77. The fourth-order valence-corrected chi connectivity index (χ4v) is 2.14. The highest BCUT2D eigenvalue weighted by atomic mass is 15.5. The molecule has 0 spiro atoms. The normalized spacial score (nSPS) is 13.6. The maximum atomic E-state index is 5.87. The van der Waals surface area contributed by atoms with Gasteiger partial charge in [0, 0.05) is 17.0 Å². The first-order valence-corrected chi connectivity index (χ1v) is 5.32. The van der Waals surface area contributed by atoms with E-state index in [1.54, 1.807) is 0 Å². The molecule has 0 radical (unpaired) electrons. The van der Waals surface area contributed by atoms with Crippen molar-refractivity contribution in [2.75, 3.05) is 0 Å². The number of aromatic nitrogens is 4. The van der Waals surface area contributed by atoms with Gasteiger partial charge in [-0.2, -0.15) is 5.21 Å². The summed E-state index contributed by atoms with van der Waals surface area (Å²) in [6.45, 7) is 2.00. The number of H-pyrrole nitrogens is 1. The van der Waals surface area contributed by atoms with Crippen molar-refractivity contribution in [3.8, 4) is 0 Å². The smallest absolute Gasteiger partial charge is 0.181 e. The summed E-state index contributed by atoms with van der Waals surface area (Å²) in [4.78, 5) is 0. The van der Waals surface area contributed by atoms with Gasteiger partial charge in [-0.25, -0.2) is 4.52 Å². The van der Waals surface area contributed by atoms with E-state index in [1.807, 2.05) is 29.6 Å². The summed E-state index contributed by atoms with van der Waals surface area (Å²) in [7, 11) is 0. The lowest BCUT2D eigenvalue weighted by Crippen LogP contribution is -2.17. The van der Waals surface area contributed by atoms with Crippen LogP contribution >= 0.6 is 0 Å². The first-order chi connectivity index (χ1) is 7.77. The predicted octanol–water partition coefficient (Wildman–Crippen LogP) is 1.10. The maximum Gasteiger partial charge on any atom is 0.181 e. The van der Waals surface area contributed by atoms with Crippen molar-refractivity contribution in [1.29, 1.82) is 0 Å². The topological polar surface area (TPSA) is 72.0 Å². The number of nitrogens with two attached hydrogens (primary N) is 1. The molecule has 3 aromatic rings. The van der Waals surface area contributed by atoms with Crippen LogP contribution in [0.15, 0.2) is 24.3 Å². The highest BCUT2D eigenvalue weighted by molar-refractivity contribution is 5.90. The summed E-state index contributed by atoms with van der Waals surface area (Å²) in [5.41, 5.74) is 9.00. The Kier molecular flexibility index (Phi) is 1.94. The van der Waals surface area contributed by atoms with Crippen molar-refractivity contribution in [3.05, 3.63) is 29.8 Å². The lowest BCUT2D eigenvalue weighted by molar-refractivity contribution is 0.743. The van der Waals surface area contributed by atoms with Crippen LogP contribution in [-0.2, 0) is 6.42 Å². The predicted molar refractivity (Wildman–Crippen MR) is 62.2 cm³/mol. The Labute approximate surface area is 92.2 Å². The van der Waals surface area contributed by atoms with Crippen LogP contribution in [-0.4, -0.2) is 26.1 Å². The van der Waals surface area contributed by atoms with Crippen LogP contribution in [0, 0.1) is 0 Å². The Morgan fingerprint density at radius 3 is 3.06 bits per heavy atom. The molecule has 3 rings (SSSR count). The average molecular weight is 215 g/mol. The molecule has 0 aliphatic carbocycles. The molecule has 0 saturated carbocycles. The SMILES string of the molecule is CC(N)Cc1c2ccccc2n2[nH]nnc12. The molecule has 16 heavy (non-hydrogen) atoms. The number of rotatable bonds is 2. The van der Waals surface area contributed by atoms with Crippen molar-refractivity contribution >= 4 is 16.6 Å². The molecule has 0 aliphatic heterocycles. The molecule has 1 atom stereocenters. The number of fused-ring (bicyclic) bond motifs is 3. The molecule has 82 valence electrons. The Morgan fingerprint density at radius 1 is 1.44 bits per heavy atom. The zero-order valence-electron chi connectivity index (χ0n) is 9.01. The van der Waals surface area contributed by atoms with Crippen LogP contribution in [0.3, 0.4) is 0 Å². The Bertz CT molecular complexity index is 634. The summed E-state index contributed by atoms with van der Waals surface area (Å²) in [5, 5.41) is 12.0. The maximum absolute atomic E-state index is 5.87. The molecule has 3 N–H and O–H groups in total. The molecule has 0 saturated heterocycles. The summed E-state index contributed by atoms with van der Waals surface area (Å²) >= 11 is 0. The van der Waals surface area contributed by atoms with Crippen molar-refractivity contribution in [3.63, 3.8) is 0 Å². The van der Waals surface area contributed by atoms with E-state index in [2.05, 4.69) is 21.6 Å². The molecule has 2 aromatic heterocycles. The standard InChI is InChI=1S/C11H13N5/c1-7(12)6-9-8-4-2-3-5-10(8)16-11(9)13-14-15-16/h2-5,7H,6,12H2,1H3,(H,13,15). The van der Waals surface area contributed by atoms with Gasteiger partial charge in [-0.1, -0.05) is 23.4 Å². The van der Waals surface area contributed by atoms with Gasteiger partial charge in [-0.3, -0.25) is 0 Å². The number of tetrazole rings is 1. The third-order valence-corrected chi connectivity index (χ3v) is 2.77. The van der Waals surface area contributed by atoms with Crippen LogP contribution < -0.4 is 5.73 Å². The lowest BCUT2D eigenvalue weighted by atomic mass is 10.1. The molecule has 5 nitrogen and oxygen atoms in total. The summed E-state index contributed by atoms with van der Waals surface area (Å²) < 4.78 is 1.90. The van der Waals surface area contributed by atoms with E-state index in [0.29, 0.717) is 0 Å². The van der Waals surface area contributed by atoms with E-state index in [4.69, 9.17) is 5.73 Å². The third kappa shape index (κ3) is 1.22. The van der Waals surface area contributed by atoms with Gasteiger partial charge in [0.25, 0.3) is 0 Å². The quantitative estimate of drug-likeness (QED) is 0.672. The largest absolute Gasteiger partial charge is 0.328 e. The minimum atomic E-state index is 0.117. The first kappa shape index (κ1) is 9.35. The fourth-order valence-electron chi connectivity index (χ4n) is 2.14. The van der Waals surface area contributed by atoms with Crippen LogP contribution in [0.5, 0.6) is 0 Å². The van der Waals surface area contributed by atoms with Crippen molar-refractivity contribution in [2.45, 2.75) is 19.4 Å². The van der Waals surface area contributed by atoms with Gasteiger partial charge in [-0.15, -0.1) is 5.10 Å². The van der Waals surface area contributed by atoms with E-state index < -0.39 is 0 Å². The average Bonchev–Trinajstić information content (AvgIpc) is 2.82. The molecule has 5 heteroatoms. The van der Waals surface area contributed by atoms with Gasteiger partial charge in [0.05, 0.1) is 5.52 Å². The molecular formula is C11H13N5. The lowest BCUT2D eigenvalue weighted by Gasteiger charge is -2.02. The summed E-state index contributed by atoms with van der Waals surface area (Å²) in [6.07, 6.45) is 0.809. The number of aromatic amines is 1. The van der Waals surface area contributed by atoms with Gasteiger partial charge < -0.3 is 5.73 Å². The van der Waals surface area contributed by atoms with Gasteiger partial charge in [0.2, 0.25) is 0 Å². The number of hydrogen-bond acceptors (Lipinski definition) is 3. The van der Waals surface area contributed by atoms with Crippen molar-refractivity contribution in [2.24, 2.45) is 5.73 Å². The van der Waals surface area contributed by atoms with Crippen LogP contribution in [0.1, 0.15) is 12.5 Å². The van der Waals surface area contributed by atoms with Gasteiger partial charge in [0.15, 0.2) is 5.65 Å². The van der Waals surface area contributed by atoms with E-state index in [9.17, 15) is 0 Å². The first-order valence-electron chi connectivity index (χ1n) is 5.32. The second kappa shape index (κ2) is 3.31. The zero-order chi connectivity index (χ0) is 11.1. The minimum absolute atomic E-state index is 0.117. The summed E-state index contributed by atoms with van der Waals surface area (Å²) in [6, 6.07) is 8.29. The van der Waals surface area contributed by atoms with E-state index in [1.165, 1.54) is 10.9 Å². The van der Waals surface area contributed by atoms with Gasteiger partial charge in [0.1, 0.15) is 0 Å². The molecule has 0 aliphatic rings. The second-order valence-electron chi connectivity index (χ2n) is 4.14. The second-order valence-corrected chi connectivity index (χ2v) is 4.14. The number of hydrogen-bond donors (Lipinski definition) is 2. The zero-order valence-corrected chi connectivity index (χ0v) is 9.01. The van der Waals surface area contributed by atoms with Crippen LogP contribution in [0.25, 0.3) is 16.6 Å². The van der Waals surface area contributed by atoms with Crippen molar-refractivity contribution < 1.29 is 0 Å². The number of para-hydroxylation sites is 1. The van der Waals surface area contributed by atoms with E-state index in [-0.39, 0.29) is 6.04 Å². The Balaban J connectivity index is 2.38. The number of nitrogens with zero attached hydrogens (tertiary/aromatic N) is 3. The van der Waals surface area contributed by atoms with Crippen LogP contribution in [0.4, 0.5) is 0 Å². The molecular weight excluding hydrogens is 202 g/mol. The molecule has 0 bridgehead atoms. The monoisotopic (exact) mass is 215 g/mol. The van der Waals surface area contributed by atoms with E-state index >= 15 is 0 Å². The molecule has 0 amide bonds. The minimum Gasteiger partial charge on any atom is -0.328 e.